The first-order valence-corrected chi connectivity index (χ1v) is 5.51. The minimum atomic E-state index is -1.74. The lowest BCUT2D eigenvalue weighted by Crippen LogP contribution is -2.22. The van der Waals surface area contributed by atoms with E-state index >= 15 is 0 Å². The van der Waals surface area contributed by atoms with Crippen molar-refractivity contribution in [2.45, 2.75) is 5.92 Å². The average Bonchev–Trinajstić information content (AvgIpc) is 3.11. The second-order valence-electron chi connectivity index (χ2n) is 4.29. The Kier molecular flexibility index (Phi) is 2.74. The second-order valence-corrected chi connectivity index (χ2v) is 4.29. The van der Waals surface area contributed by atoms with Gasteiger partial charge >= 0.3 is 5.97 Å². The van der Waals surface area contributed by atoms with Gasteiger partial charge in [0.25, 0.3) is 0 Å². The summed E-state index contributed by atoms with van der Waals surface area (Å²) in [5, 5.41) is 27.9. The predicted octanol–water partition coefficient (Wildman–Crippen LogP) is 1.50. The molecule has 0 N–H and O–H groups in total. The zero-order valence-corrected chi connectivity index (χ0v) is 10.1. The van der Waals surface area contributed by atoms with Crippen LogP contribution in [0.1, 0.15) is 11.5 Å². The van der Waals surface area contributed by atoms with E-state index in [1.54, 1.807) is 30.3 Å². The van der Waals surface area contributed by atoms with E-state index in [0.717, 1.165) is 7.11 Å². The summed E-state index contributed by atoms with van der Waals surface area (Å²) in [6.45, 7) is 0. The molecule has 19 heavy (non-hydrogen) atoms. The average molecular weight is 251 g/mol. The number of hydrogen-bond donors (Lipinski definition) is 0. The van der Waals surface area contributed by atoms with E-state index in [9.17, 15) is 20.6 Å². The fraction of sp³-hybridized carbons (Fsp3) is 0.286. The quantitative estimate of drug-likeness (QED) is 0.742. The normalized spacial score (nSPS) is 26.3. The first-order valence-electron chi connectivity index (χ1n) is 5.51. The van der Waals surface area contributed by atoms with Crippen molar-refractivity contribution < 1.29 is 9.53 Å². The van der Waals surface area contributed by atoms with Crippen molar-refractivity contribution in [1.29, 1.82) is 15.8 Å². The molecule has 0 heterocycles. The SMILES string of the molecule is COC(=O)[C@@]1(C#N)[C@H](c2ccccc2)C1(C#N)C#N. The molecule has 0 unspecified atom stereocenters. The van der Waals surface area contributed by atoms with Gasteiger partial charge in [0.2, 0.25) is 0 Å². The number of carbonyl (C=O) groups is 1. The van der Waals surface area contributed by atoms with Gasteiger partial charge in [-0.1, -0.05) is 30.3 Å². The van der Waals surface area contributed by atoms with Gasteiger partial charge in [0.15, 0.2) is 10.8 Å². The van der Waals surface area contributed by atoms with E-state index < -0.39 is 22.7 Å². The van der Waals surface area contributed by atoms with Crippen molar-refractivity contribution in [3.63, 3.8) is 0 Å². The molecule has 1 aliphatic rings. The first-order chi connectivity index (χ1) is 9.14. The smallest absolute Gasteiger partial charge is 0.329 e. The van der Waals surface area contributed by atoms with Crippen LogP contribution in [0.5, 0.6) is 0 Å². The third kappa shape index (κ3) is 1.29. The molecule has 0 amide bonds. The third-order valence-electron chi connectivity index (χ3n) is 3.57. The highest BCUT2D eigenvalue weighted by molar-refractivity contribution is 5.91. The van der Waals surface area contributed by atoms with Crippen molar-refractivity contribution in [2.24, 2.45) is 10.8 Å². The van der Waals surface area contributed by atoms with Crippen LogP contribution >= 0.6 is 0 Å². The van der Waals surface area contributed by atoms with Gasteiger partial charge in [0.05, 0.1) is 31.2 Å². The van der Waals surface area contributed by atoms with Crippen molar-refractivity contribution in [2.75, 3.05) is 7.11 Å². The number of ether oxygens (including phenoxy) is 1. The van der Waals surface area contributed by atoms with Crippen LogP contribution in [0.25, 0.3) is 0 Å². The molecule has 1 fully saturated rings. The van der Waals surface area contributed by atoms with Crippen LogP contribution in [0.3, 0.4) is 0 Å². The number of nitrogens with zero attached hydrogens (tertiary/aromatic N) is 3. The predicted molar refractivity (Wildman–Crippen MR) is 62.9 cm³/mol. The highest BCUT2D eigenvalue weighted by atomic mass is 16.5. The summed E-state index contributed by atoms with van der Waals surface area (Å²) >= 11 is 0. The molecular formula is C14H9N3O2. The van der Waals surface area contributed by atoms with Gasteiger partial charge in [-0.15, -0.1) is 0 Å². The van der Waals surface area contributed by atoms with Gasteiger partial charge in [-0.2, -0.15) is 15.8 Å². The van der Waals surface area contributed by atoms with E-state index in [4.69, 9.17) is 0 Å². The molecule has 0 radical (unpaired) electrons. The molecule has 0 spiro atoms. The Labute approximate surface area is 110 Å². The van der Waals surface area contributed by atoms with Gasteiger partial charge in [-0.3, -0.25) is 4.79 Å². The maximum Gasteiger partial charge on any atom is 0.329 e. The van der Waals surface area contributed by atoms with Crippen LogP contribution in [0.2, 0.25) is 0 Å². The largest absolute Gasteiger partial charge is 0.468 e. The number of carbonyl (C=O) groups excluding carboxylic acids is 1. The van der Waals surface area contributed by atoms with E-state index in [-0.39, 0.29) is 0 Å². The Balaban J connectivity index is 2.63. The molecule has 92 valence electrons. The Bertz CT molecular complexity index is 634. The lowest BCUT2D eigenvalue weighted by atomic mass is 9.97. The van der Waals surface area contributed by atoms with Gasteiger partial charge < -0.3 is 4.74 Å². The van der Waals surface area contributed by atoms with Gasteiger partial charge in [-0.25, -0.2) is 0 Å². The van der Waals surface area contributed by atoms with Crippen LogP contribution in [0.4, 0.5) is 0 Å². The molecule has 0 aromatic heterocycles. The van der Waals surface area contributed by atoms with Crippen LogP contribution in [0.15, 0.2) is 30.3 Å². The summed E-state index contributed by atoms with van der Waals surface area (Å²) in [4.78, 5) is 11.9. The summed E-state index contributed by atoms with van der Waals surface area (Å²) in [5.41, 5.74) is -2.82. The van der Waals surface area contributed by atoms with Crippen LogP contribution in [-0.2, 0) is 9.53 Å². The molecule has 2 rings (SSSR count). The molecule has 0 aliphatic heterocycles. The summed E-state index contributed by atoms with van der Waals surface area (Å²) < 4.78 is 4.62. The van der Waals surface area contributed by atoms with Crippen LogP contribution in [-0.4, -0.2) is 13.1 Å². The minimum Gasteiger partial charge on any atom is -0.468 e. The monoisotopic (exact) mass is 251 g/mol. The molecule has 1 aliphatic carbocycles. The summed E-state index contributed by atoms with van der Waals surface area (Å²) in [7, 11) is 1.14. The van der Waals surface area contributed by atoms with Gasteiger partial charge in [0.1, 0.15) is 0 Å². The molecule has 0 bridgehead atoms. The third-order valence-corrected chi connectivity index (χ3v) is 3.57. The topological polar surface area (TPSA) is 97.7 Å². The number of rotatable bonds is 2. The maximum absolute atomic E-state index is 11.9. The highest BCUT2D eigenvalue weighted by Crippen LogP contribution is 2.74. The number of methoxy groups -OCH3 is 1. The zero-order chi connectivity index (χ0) is 14.1. The Morgan fingerprint density at radius 3 is 2.16 bits per heavy atom. The van der Waals surface area contributed by atoms with Crippen LogP contribution in [0, 0.1) is 44.8 Å². The molecular weight excluding hydrogens is 242 g/mol. The fourth-order valence-corrected chi connectivity index (χ4v) is 2.59. The summed E-state index contributed by atoms with van der Waals surface area (Å²) in [5.74, 6) is -1.62. The maximum atomic E-state index is 11.9. The van der Waals surface area contributed by atoms with Gasteiger partial charge in [0, 0.05) is 0 Å². The molecule has 5 heteroatoms. The lowest BCUT2D eigenvalue weighted by molar-refractivity contribution is -0.145. The molecule has 0 saturated heterocycles. The van der Waals surface area contributed by atoms with E-state index in [2.05, 4.69) is 4.74 Å². The van der Waals surface area contributed by atoms with E-state index in [1.807, 2.05) is 18.2 Å². The van der Waals surface area contributed by atoms with Crippen molar-refractivity contribution in [3.8, 4) is 18.2 Å². The first kappa shape index (κ1) is 12.6. The van der Waals surface area contributed by atoms with Crippen molar-refractivity contribution in [1.82, 2.24) is 0 Å². The van der Waals surface area contributed by atoms with Crippen LogP contribution < -0.4 is 0 Å². The lowest BCUT2D eigenvalue weighted by Gasteiger charge is -2.05. The second kappa shape index (κ2) is 4.12. The van der Waals surface area contributed by atoms with Crippen molar-refractivity contribution in [3.05, 3.63) is 35.9 Å². The number of esters is 1. The standard InChI is InChI=1S/C14H9N3O2/c1-19-12(18)14(9-17)11(13(14,7-15)8-16)10-5-3-2-4-6-10/h2-6,11H,1H3/t11-,14-/m1/s1. The Morgan fingerprint density at radius 1 is 1.16 bits per heavy atom. The number of benzene rings is 1. The molecule has 1 saturated carbocycles. The van der Waals surface area contributed by atoms with Crippen molar-refractivity contribution >= 4 is 5.97 Å². The number of nitriles is 3. The molecule has 2 atom stereocenters. The fourth-order valence-electron chi connectivity index (χ4n) is 2.59. The summed E-state index contributed by atoms with van der Waals surface area (Å²) in [6.07, 6.45) is 0. The Morgan fingerprint density at radius 2 is 1.74 bits per heavy atom. The molecule has 5 nitrogen and oxygen atoms in total. The highest BCUT2D eigenvalue weighted by Gasteiger charge is 2.85. The molecule has 1 aromatic rings. The Hall–Kier alpha value is -2.84. The van der Waals surface area contributed by atoms with E-state index in [0.29, 0.717) is 5.56 Å². The zero-order valence-electron chi connectivity index (χ0n) is 10.1. The number of hydrogen-bond acceptors (Lipinski definition) is 5. The minimum absolute atomic E-state index is 0.609. The van der Waals surface area contributed by atoms with Gasteiger partial charge in [-0.05, 0) is 5.56 Å². The van der Waals surface area contributed by atoms with E-state index in [1.165, 1.54) is 0 Å². The molecule has 1 aromatic carbocycles. The summed E-state index contributed by atoms with van der Waals surface area (Å²) in [6, 6.07) is 14.1.